The van der Waals surface area contributed by atoms with Crippen LogP contribution in [-0.4, -0.2) is 18.2 Å². The molecule has 0 saturated heterocycles. The molecule has 0 amide bonds. The van der Waals surface area contributed by atoms with Crippen LogP contribution in [0, 0.1) is 0 Å². The Morgan fingerprint density at radius 2 is 2.27 bits per heavy atom. The second-order valence-corrected chi connectivity index (χ2v) is 3.43. The van der Waals surface area contributed by atoms with Gasteiger partial charge < -0.3 is 9.84 Å². The Balaban J connectivity index is 2.95. The Labute approximate surface area is 92.9 Å². The molecule has 0 aliphatic heterocycles. The van der Waals surface area contributed by atoms with Crippen molar-refractivity contribution in [3.63, 3.8) is 0 Å². The second-order valence-electron chi connectivity index (χ2n) is 3.02. The number of methoxy groups -OCH3 is 1. The van der Waals surface area contributed by atoms with Crippen molar-refractivity contribution >= 4 is 23.1 Å². The molecule has 0 saturated carbocycles. The third-order valence-electron chi connectivity index (χ3n) is 1.92. The first-order valence-corrected chi connectivity index (χ1v) is 4.66. The van der Waals surface area contributed by atoms with Crippen molar-refractivity contribution < 1.29 is 14.6 Å². The van der Waals surface area contributed by atoms with Crippen LogP contribution in [0.25, 0.3) is 5.57 Å². The van der Waals surface area contributed by atoms with Gasteiger partial charge in [0.1, 0.15) is 5.75 Å². The largest absolute Gasteiger partial charge is 0.497 e. The van der Waals surface area contributed by atoms with E-state index in [0.29, 0.717) is 21.9 Å². The molecular formula is C11H11ClO3. The molecule has 0 radical (unpaired) electrons. The van der Waals surface area contributed by atoms with E-state index in [4.69, 9.17) is 21.4 Å². The van der Waals surface area contributed by atoms with Gasteiger partial charge in [0.05, 0.1) is 18.6 Å². The van der Waals surface area contributed by atoms with Crippen molar-refractivity contribution in [2.75, 3.05) is 7.11 Å². The lowest BCUT2D eigenvalue weighted by atomic mass is 10.0. The molecule has 1 aromatic carbocycles. The number of benzene rings is 1. The third-order valence-corrected chi connectivity index (χ3v) is 2.23. The fraction of sp³-hybridized carbons (Fsp3) is 0.182. The van der Waals surface area contributed by atoms with Crippen LogP contribution in [0.3, 0.4) is 0 Å². The fourth-order valence-electron chi connectivity index (χ4n) is 1.19. The molecule has 1 aromatic rings. The predicted molar refractivity (Wildman–Crippen MR) is 59.3 cm³/mol. The minimum atomic E-state index is -0.924. The van der Waals surface area contributed by atoms with Crippen LogP contribution in [0.2, 0.25) is 5.02 Å². The zero-order valence-electron chi connectivity index (χ0n) is 8.29. The Kier molecular flexibility index (Phi) is 3.74. The zero-order chi connectivity index (χ0) is 11.4. The highest BCUT2D eigenvalue weighted by atomic mass is 35.5. The van der Waals surface area contributed by atoms with E-state index in [1.807, 2.05) is 0 Å². The van der Waals surface area contributed by atoms with Gasteiger partial charge in [-0.3, -0.25) is 4.79 Å². The van der Waals surface area contributed by atoms with Crippen LogP contribution in [0.5, 0.6) is 5.75 Å². The molecule has 0 heterocycles. The molecule has 1 rings (SSSR count). The number of carbonyl (C=O) groups is 1. The molecule has 0 unspecified atom stereocenters. The summed E-state index contributed by atoms with van der Waals surface area (Å²) in [5.74, 6) is -0.293. The number of aliphatic carboxylic acids is 1. The minimum Gasteiger partial charge on any atom is -0.497 e. The average Bonchev–Trinajstić information content (AvgIpc) is 2.16. The molecule has 0 aromatic heterocycles. The Hall–Kier alpha value is -1.48. The maximum absolute atomic E-state index is 10.5. The van der Waals surface area contributed by atoms with E-state index in [0.717, 1.165) is 0 Å². The lowest BCUT2D eigenvalue weighted by molar-refractivity contribution is -0.135. The monoisotopic (exact) mass is 226 g/mol. The topological polar surface area (TPSA) is 46.5 Å². The van der Waals surface area contributed by atoms with Gasteiger partial charge in [0.15, 0.2) is 0 Å². The normalized spacial score (nSPS) is 9.73. The van der Waals surface area contributed by atoms with Gasteiger partial charge in [0.2, 0.25) is 0 Å². The van der Waals surface area contributed by atoms with E-state index in [1.165, 1.54) is 7.11 Å². The maximum atomic E-state index is 10.5. The average molecular weight is 227 g/mol. The van der Waals surface area contributed by atoms with Crippen LogP contribution in [0.4, 0.5) is 0 Å². The first kappa shape index (κ1) is 11.6. The number of hydrogen-bond acceptors (Lipinski definition) is 2. The molecule has 1 N–H and O–H groups in total. The van der Waals surface area contributed by atoms with E-state index >= 15 is 0 Å². The highest BCUT2D eigenvalue weighted by Gasteiger charge is 2.08. The first-order valence-electron chi connectivity index (χ1n) is 4.28. The van der Waals surface area contributed by atoms with Gasteiger partial charge in [-0.2, -0.15) is 0 Å². The lowest BCUT2D eigenvalue weighted by Crippen LogP contribution is -1.96. The summed E-state index contributed by atoms with van der Waals surface area (Å²) in [7, 11) is 1.54. The molecule has 0 aliphatic rings. The Morgan fingerprint density at radius 1 is 1.60 bits per heavy atom. The van der Waals surface area contributed by atoms with E-state index in [-0.39, 0.29) is 6.42 Å². The third kappa shape index (κ3) is 2.99. The van der Waals surface area contributed by atoms with E-state index < -0.39 is 5.97 Å². The Morgan fingerprint density at radius 3 is 2.73 bits per heavy atom. The summed E-state index contributed by atoms with van der Waals surface area (Å²) in [4.78, 5) is 10.5. The van der Waals surface area contributed by atoms with Crippen LogP contribution in [0.15, 0.2) is 24.8 Å². The van der Waals surface area contributed by atoms with E-state index in [9.17, 15) is 4.79 Å². The lowest BCUT2D eigenvalue weighted by Gasteiger charge is -2.07. The van der Waals surface area contributed by atoms with Gasteiger partial charge in [0.25, 0.3) is 0 Å². The molecule has 3 nitrogen and oxygen atoms in total. The molecule has 4 heteroatoms. The maximum Gasteiger partial charge on any atom is 0.307 e. The van der Waals surface area contributed by atoms with Crippen molar-refractivity contribution in [2.24, 2.45) is 0 Å². The summed E-state index contributed by atoms with van der Waals surface area (Å²) in [5.41, 5.74) is 1.12. The van der Waals surface area contributed by atoms with Gasteiger partial charge in [-0.05, 0) is 29.3 Å². The second kappa shape index (κ2) is 4.84. The van der Waals surface area contributed by atoms with Gasteiger partial charge in [-0.15, -0.1) is 0 Å². The molecule has 15 heavy (non-hydrogen) atoms. The van der Waals surface area contributed by atoms with Crippen LogP contribution >= 0.6 is 11.6 Å². The van der Waals surface area contributed by atoms with E-state index in [1.54, 1.807) is 18.2 Å². The molecule has 0 fully saturated rings. The number of ether oxygens (including phenoxy) is 1. The van der Waals surface area contributed by atoms with Gasteiger partial charge in [0, 0.05) is 0 Å². The minimum absolute atomic E-state index is 0.119. The number of carboxylic acids is 1. The number of carboxylic acid groups (broad SMARTS) is 1. The van der Waals surface area contributed by atoms with Crippen molar-refractivity contribution in [3.05, 3.63) is 35.4 Å². The first-order chi connectivity index (χ1) is 7.04. The van der Waals surface area contributed by atoms with Crippen LogP contribution < -0.4 is 4.74 Å². The van der Waals surface area contributed by atoms with Crippen molar-refractivity contribution in [1.82, 2.24) is 0 Å². The number of halogens is 1. The Bertz CT molecular complexity index is 399. The van der Waals surface area contributed by atoms with Gasteiger partial charge >= 0.3 is 5.97 Å². The summed E-state index contributed by atoms with van der Waals surface area (Å²) in [6.07, 6.45) is -0.119. The number of rotatable bonds is 4. The standard InChI is InChI=1S/C11H11ClO3/c1-7(5-11(13)14)9-4-3-8(15-2)6-10(9)12/h3-4,6H,1,5H2,2H3,(H,13,14). The molecular weight excluding hydrogens is 216 g/mol. The van der Waals surface area contributed by atoms with Crippen LogP contribution in [-0.2, 0) is 4.79 Å². The van der Waals surface area contributed by atoms with E-state index in [2.05, 4.69) is 6.58 Å². The summed E-state index contributed by atoms with van der Waals surface area (Å²) in [6, 6.07) is 5.05. The van der Waals surface area contributed by atoms with Crippen LogP contribution in [0.1, 0.15) is 12.0 Å². The van der Waals surface area contributed by atoms with Gasteiger partial charge in [-0.25, -0.2) is 0 Å². The SMILES string of the molecule is C=C(CC(=O)O)c1ccc(OC)cc1Cl. The molecule has 0 bridgehead atoms. The molecule has 0 aliphatic carbocycles. The van der Waals surface area contributed by atoms with Crippen molar-refractivity contribution in [3.8, 4) is 5.75 Å². The summed E-state index contributed by atoms with van der Waals surface area (Å²) in [5, 5.41) is 9.05. The molecule has 80 valence electrons. The summed E-state index contributed by atoms with van der Waals surface area (Å²) < 4.78 is 4.98. The smallest absolute Gasteiger partial charge is 0.307 e. The highest BCUT2D eigenvalue weighted by molar-refractivity contribution is 6.32. The molecule has 0 atom stereocenters. The predicted octanol–water partition coefficient (Wildman–Crippen LogP) is 2.84. The molecule has 0 spiro atoms. The number of hydrogen-bond donors (Lipinski definition) is 1. The summed E-state index contributed by atoms with van der Waals surface area (Å²) in [6.45, 7) is 3.68. The van der Waals surface area contributed by atoms with Gasteiger partial charge in [-0.1, -0.05) is 18.2 Å². The quantitative estimate of drug-likeness (QED) is 0.859. The van der Waals surface area contributed by atoms with Crippen molar-refractivity contribution in [1.29, 1.82) is 0 Å². The zero-order valence-corrected chi connectivity index (χ0v) is 9.04. The van der Waals surface area contributed by atoms with Crippen molar-refractivity contribution in [2.45, 2.75) is 6.42 Å². The summed E-state index contributed by atoms with van der Waals surface area (Å²) >= 11 is 5.95. The highest BCUT2D eigenvalue weighted by Crippen LogP contribution is 2.28. The fourth-order valence-corrected chi connectivity index (χ4v) is 1.49.